The minimum atomic E-state index is -0.141. The molecule has 1 aromatic rings. The highest BCUT2D eigenvalue weighted by atomic mass is 16.6. The van der Waals surface area contributed by atoms with Gasteiger partial charge in [-0.1, -0.05) is 37.3 Å². The van der Waals surface area contributed by atoms with E-state index in [0.717, 1.165) is 24.4 Å². The van der Waals surface area contributed by atoms with E-state index in [1.807, 2.05) is 35.2 Å². The van der Waals surface area contributed by atoms with Crippen molar-refractivity contribution < 1.29 is 9.53 Å². The highest BCUT2D eigenvalue weighted by molar-refractivity contribution is 5.68. The highest BCUT2D eigenvalue weighted by Gasteiger charge is 2.45. The third kappa shape index (κ3) is 2.09. The molecule has 2 fully saturated rings. The number of carbonyl (C=O) groups excluding carboxylic acids is 1. The predicted octanol–water partition coefficient (Wildman–Crippen LogP) is 3.05. The Morgan fingerprint density at radius 1 is 1.33 bits per heavy atom. The zero-order chi connectivity index (χ0) is 12.5. The Labute approximate surface area is 108 Å². The van der Waals surface area contributed by atoms with Crippen LogP contribution in [-0.2, 0) is 11.3 Å². The van der Waals surface area contributed by atoms with E-state index in [-0.39, 0.29) is 6.09 Å². The lowest BCUT2D eigenvalue weighted by Gasteiger charge is -2.29. The van der Waals surface area contributed by atoms with Gasteiger partial charge in [0.1, 0.15) is 6.61 Å². The Balaban J connectivity index is 1.54. The summed E-state index contributed by atoms with van der Waals surface area (Å²) in [5, 5.41) is 0. The number of piperidine rings is 1. The first kappa shape index (κ1) is 11.6. The van der Waals surface area contributed by atoms with Gasteiger partial charge in [0, 0.05) is 12.6 Å². The van der Waals surface area contributed by atoms with Crippen molar-refractivity contribution in [3.63, 3.8) is 0 Å². The van der Waals surface area contributed by atoms with Gasteiger partial charge in [-0.05, 0) is 30.2 Å². The lowest BCUT2D eigenvalue weighted by atomic mass is 9.97. The van der Waals surface area contributed by atoms with Crippen LogP contribution in [0.5, 0.6) is 0 Å². The minimum absolute atomic E-state index is 0.141. The Bertz CT molecular complexity index is 429. The maximum Gasteiger partial charge on any atom is 0.410 e. The molecule has 0 radical (unpaired) electrons. The molecule has 2 aliphatic rings. The molecule has 1 saturated carbocycles. The molecule has 1 aliphatic carbocycles. The lowest BCUT2D eigenvalue weighted by Crippen LogP contribution is -2.39. The Kier molecular flexibility index (Phi) is 2.98. The van der Waals surface area contributed by atoms with Gasteiger partial charge in [-0.25, -0.2) is 4.79 Å². The number of ether oxygens (including phenoxy) is 1. The zero-order valence-corrected chi connectivity index (χ0v) is 10.7. The van der Waals surface area contributed by atoms with E-state index in [9.17, 15) is 4.79 Å². The predicted molar refractivity (Wildman–Crippen MR) is 69.0 cm³/mol. The molecule has 3 nitrogen and oxygen atoms in total. The molecule has 96 valence electrons. The number of likely N-dealkylation sites (tertiary alicyclic amines) is 1. The molecule has 0 aromatic heterocycles. The zero-order valence-electron chi connectivity index (χ0n) is 10.7. The minimum Gasteiger partial charge on any atom is -0.445 e. The molecule has 0 N–H and O–H groups in total. The molecule has 1 heterocycles. The van der Waals surface area contributed by atoms with Crippen LogP contribution >= 0.6 is 0 Å². The van der Waals surface area contributed by atoms with E-state index in [4.69, 9.17) is 4.74 Å². The first-order chi connectivity index (χ1) is 8.74. The second kappa shape index (κ2) is 4.63. The molecule has 1 amide bonds. The number of carbonyl (C=O) groups is 1. The average Bonchev–Trinajstić information content (AvgIpc) is 2.96. The molecule has 1 aromatic carbocycles. The number of amides is 1. The average molecular weight is 245 g/mol. The van der Waals surface area contributed by atoms with E-state index in [0.29, 0.717) is 18.6 Å². The SMILES string of the molecule is C[C@H]1C[C@H]2C[C@@H]1CN2C(=O)OCc1ccccc1. The largest absolute Gasteiger partial charge is 0.445 e. The van der Waals surface area contributed by atoms with Gasteiger partial charge in [-0.2, -0.15) is 0 Å². The fraction of sp³-hybridized carbons (Fsp3) is 0.533. The van der Waals surface area contributed by atoms with Crippen molar-refractivity contribution in [3.8, 4) is 0 Å². The van der Waals surface area contributed by atoms with E-state index >= 15 is 0 Å². The fourth-order valence-corrected chi connectivity index (χ4v) is 3.24. The molecule has 1 aliphatic heterocycles. The molecule has 0 spiro atoms. The van der Waals surface area contributed by atoms with Crippen LogP contribution in [0.15, 0.2) is 30.3 Å². The van der Waals surface area contributed by atoms with Gasteiger partial charge in [-0.15, -0.1) is 0 Å². The molecular formula is C15H19NO2. The van der Waals surface area contributed by atoms with Crippen LogP contribution in [-0.4, -0.2) is 23.6 Å². The van der Waals surface area contributed by atoms with Crippen molar-refractivity contribution in [3.05, 3.63) is 35.9 Å². The first-order valence-electron chi connectivity index (χ1n) is 6.71. The quantitative estimate of drug-likeness (QED) is 0.801. The fourth-order valence-electron chi connectivity index (χ4n) is 3.24. The van der Waals surface area contributed by atoms with E-state index in [1.165, 1.54) is 6.42 Å². The number of hydrogen-bond donors (Lipinski definition) is 0. The normalized spacial score (nSPS) is 29.6. The van der Waals surface area contributed by atoms with E-state index in [1.54, 1.807) is 0 Å². The summed E-state index contributed by atoms with van der Waals surface area (Å²) in [6.07, 6.45) is 2.17. The summed E-state index contributed by atoms with van der Waals surface area (Å²) < 4.78 is 5.39. The maximum atomic E-state index is 12.0. The molecule has 3 heteroatoms. The number of nitrogens with zero attached hydrogens (tertiary/aromatic N) is 1. The molecule has 3 atom stereocenters. The van der Waals surface area contributed by atoms with E-state index < -0.39 is 0 Å². The monoisotopic (exact) mass is 245 g/mol. The smallest absolute Gasteiger partial charge is 0.410 e. The van der Waals surface area contributed by atoms with Crippen molar-refractivity contribution in [1.82, 2.24) is 4.90 Å². The van der Waals surface area contributed by atoms with E-state index in [2.05, 4.69) is 6.92 Å². The topological polar surface area (TPSA) is 29.5 Å². The van der Waals surface area contributed by atoms with Crippen molar-refractivity contribution >= 4 is 6.09 Å². The molecule has 0 unspecified atom stereocenters. The summed E-state index contributed by atoms with van der Waals surface area (Å²) in [5.74, 6) is 1.47. The van der Waals surface area contributed by atoms with Crippen molar-refractivity contribution in [2.45, 2.75) is 32.4 Å². The van der Waals surface area contributed by atoms with Gasteiger partial charge < -0.3 is 9.64 Å². The van der Waals surface area contributed by atoms with Gasteiger partial charge >= 0.3 is 6.09 Å². The van der Waals surface area contributed by atoms with Crippen LogP contribution < -0.4 is 0 Å². The van der Waals surface area contributed by atoms with Crippen LogP contribution in [0.2, 0.25) is 0 Å². The van der Waals surface area contributed by atoms with Crippen LogP contribution in [0, 0.1) is 11.8 Å². The standard InChI is InChI=1S/C15H19NO2/c1-11-7-14-8-13(11)9-16(14)15(17)18-10-12-5-3-2-4-6-12/h2-6,11,13-14H,7-10H2,1H3/t11-,13+,14-/m0/s1. The molecule has 1 saturated heterocycles. The van der Waals surface area contributed by atoms with Gasteiger partial charge in [0.25, 0.3) is 0 Å². The van der Waals surface area contributed by atoms with Gasteiger partial charge in [0.2, 0.25) is 0 Å². The summed E-state index contributed by atoms with van der Waals surface area (Å²) in [4.78, 5) is 13.9. The second-order valence-electron chi connectivity index (χ2n) is 5.56. The maximum absolute atomic E-state index is 12.0. The van der Waals surface area contributed by atoms with Gasteiger partial charge in [0.15, 0.2) is 0 Å². The van der Waals surface area contributed by atoms with Crippen LogP contribution in [0.3, 0.4) is 0 Å². The molecular weight excluding hydrogens is 226 g/mol. The van der Waals surface area contributed by atoms with Crippen LogP contribution in [0.1, 0.15) is 25.3 Å². The Morgan fingerprint density at radius 2 is 2.11 bits per heavy atom. The van der Waals surface area contributed by atoms with Crippen LogP contribution in [0.25, 0.3) is 0 Å². The van der Waals surface area contributed by atoms with Crippen LogP contribution in [0.4, 0.5) is 4.79 Å². The third-order valence-electron chi connectivity index (χ3n) is 4.34. The summed E-state index contributed by atoms with van der Waals surface area (Å²) >= 11 is 0. The lowest BCUT2D eigenvalue weighted by molar-refractivity contribution is 0.0800. The summed E-state index contributed by atoms with van der Waals surface area (Å²) in [7, 11) is 0. The van der Waals surface area contributed by atoms with Crippen molar-refractivity contribution in [2.24, 2.45) is 11.8 Å². The molecule has 2 bridgehead atoms. The summed E-state index contributed by atoms with van der Waals surface area (Å²) in [6, 6.07) is 10.3. The van der Waals surface area contributed by atoms with Crippen molar-refractivity contribution in [2.75, 3.05) is 6.54 Å². The second-order valence-corrected chi connectivity index (χ2v) is 5.56. The van der Waals surface area contributed by atoms with Gasteiger partial charge in [0.05, 0.1) is 0 Å². The highest BCUT2D eigenvalue weighted by Crippen LogP contribution is 2.41. The first-order valence-corrected chi connectivity index (χ1v) is 6.71. The summed E-state index contributed by atoms with van der Waals surface area (Å²) in [5.41, 5.74) is 1.04. The molecule has 18 heavy (non-hydrogen) atoms. The third-order valence-corrected chi connectivity index (χ3v) is 4.34. The Hall–Kier alpha value is -1.51. The van der Waals surface area contributed by atoms with Crippen molar-refractivity contribution in [1.29, 1.82) is 0 Å². The number of benzene rings is 1. The summed E-state index contributed by atoms with van der Waals surface area (Å²) in [6.45, 7) is 3.56. The van der Waals surface area contributed by atoms with Gasteiger partial charge in [-0.3, -0.25) is 0 Å². The number of fused-ring (bicyclic) bond motifs is 2. The Morgan fingerprint density at radius 3 is 2.72 bits per heavy atom. The number of hydrogen-bond acceptors (Lipinski definition) is 2. The molecule has 3 rings (SSSR count). The number of rotatable bonds is 2.